The van der Waals surface area contributed by atoms with E-state index in [2.05, 4.69) is 10.3 Å². The predicted molar refractivity (Wildman–Crippen MR) is 107 cm³/mol. The van der Waals surface area contributed by atoms with Gasteiger partial charge in [-0.05, 0) is 12.1 Å². The Labute approximate surface area is 181 Å². The van der Waals surface area contributed by atoms with Crippen LogP contribution in [0.25, 0.3) is 11.0 Å². The molecule has 0 saturated carbocycles. The van der Waals surface area contributed by atoms with Gasteiger partial charge in [-0.15, -0.1) is 5.10 Å². The monoisotopic (exact) mass is 449 g/mol. The van der Waals surface area contributed by atoms with Crippen LogP contribution in [0.2, 0.25) is 0 Å². The van der Waals surface area contributed by atoms with Crippen molar-refractivity contribution in [1.29, 1.82) is 0 Å². The Bertz CT molecular complexity index is 1100. The summed E-state index contributed by atoms with van der Waals surface area (Å²) in [6.45, 7) is -0.159. The fraction of sp³-hybridized carbons (Fsp3) is 0.450. The molecule has 0 aliphatic carbocycles. The third-order valence-electron chi connectivity index (χ3n) is 5.02. The molecule has 4 rings (SSSR count). The Morgan fingerprint density at radius 2 is 1.94 bits per heavy atom. The number of aromatic nitrogens is 3. The summed E-state index contributed by atoms with van der Waals surface area (Å²) in [5.41, 5.74) is 0.409. The van der Waals surface area contributed by atoms with Gasteiger partial charge >= 0.3 is 5.63 Å². The highest BCUT2D eigenvalue weighted by molar-refractivity contribution is 5.82. The summed E-state index contributed by atoms with van der Waals surface area (Å²) < 4.78 is 23.0. The average molecular weight is 449 g/mol. The Morgan fingerprint density at radius 1 is 1.12 bits per heavy atom. The maximum Gasteiger partial charge on any atom is 0.339 e. The normalized spacial score (nSPS) is 25.8. The quantitative estimate of drug-likeness (QED) is 0.304. The lowest BCUT2D eigenvalue weighted by atomic mass is 9.99. The molecule has 1 aliphatic heterocycles. The minimum atomic E-state index is -1.50. The van der Waals surface area contributed by atoms with Crippen molar-refractivity contribution in [3.05, 3.63) is 52.6 Å². The van der Waals surface area contributed by atoms with E-state index in [1.165, 1.54) is 10.7 Å². The van der Waals surface area contributed by atoms with Gasteiger partial charge in [-0.2, -0.15) is 0 Å². The summed E-state index contributed by atoms with van der Waals surface area (Å²) >= 11 is 0. The van der Waals surface area contributed by atoms with Crippen molar-refractivity contribution < 1.29 is 39.1 Å². The fourth-order valence-corrected chi connectivity index (χ4v) is 3.33. The van der Waals surface area contributed by atoms with E-state index in [4.69, 9.17) is 18.6 Å². The second kappa shape index (κ2) is 9.73. The van der Waals surface area contributed by atoms with Gasteiger partial charge in [-0.1, -0.05) is 17.3 Å². The van der Waals surface area contributed by atoms with Crippen LogP contribution in [-0.2, 0) is 22.6 Å². The molecule has 0 radical (unpaired) electrons. The Hall–Kier alpha value is -2.87. The molecule has 32 heavy (non-hydrogen) atoms. The van der Waals surface area contributed by atoms with Crippen LogP contribution < -0.4 is 10.4 Å². The van der Waals surface area contributed by atoms with E-state index in [1.54, 1.807) is 30.5 Å². The summed E-state index contributed by atoms with van der Waals surface area (Å²) in [6, 6.07) is 8.28. The molecule has 1 saturated heterocycles. The zero-order valence-electron chi connectivity index (χ0n) is 16.9. The summed E-state index contributed by atoms with van der Waals surface area (Å²) in [5.74, 6) is 0.373. The Balaban J connectivity index is 1.31. The molecule has 1 aromatic carbocycles. The Morgan fingerprint density at radius 3 is 2.75 bits per heavy atom. The molecule has 0 bridgehead atoms. The molecule has 12 heteroatoms. The molecule has 5 atom stereocenters. The van der Waals surface area contributed by atoms with Crippen molar-refractivity contribution in [2.75, 3.05) is 13.2 Å². The van der Waals surface area contributed by atoms with Crippen molar-refractivity contribution >= 4 is 11.0 Å². The molecule has 12 nitrogen and oxygen atoms in total. The highest BCUT2D eigenvalue weighted by Gasteiger charge is 2.43. The van der Waals surface area contributed by atoms with Gasteiger partial charge in [0.1, 0.15) is 48.0 Å². The number of fused-ring (bicyclic) bond motifs is 1. The average Bonchev–Trinajstić information content (AvgIpc) is 3.25. The van der Waals surface area contributed by atoms with Crippen molar-refractivity contribution in [3.8, 4) is 5.75 Å². The second-order valence-corrected chi connectivity index (χ2v) is 7.26. The minimum Gasteiger partial charge on any atom is -0.486 e. The second-order valence-electron chi connectivity index (χ2n) is 7.26. The SMILES string of the molecule is O=c1cc(OCc2cn(CCO[C@@H]3OC(CO)[C@H](O)C(O)C3O)nn2)c2ccccc2o1. The molecule has 172 valence electrons. The summed E-state index contributed by atoms with van der Waals surface area (Å²) in [6.07, 6.45) is -5.03. The van der Waals surface area contributed by atoms with E-state index < -0.39 is 42.9 Å². The lowest BCUT2D eigenvalue weighted by Crippen LogP contribution is -2.59. The van der Waals surface area contributed by atoms with E-state index in [0.717, 1.165) is 0 Å². The number of aliphatic hydroxyl groups is 4. The zero-order chi connectivity index (χ0) is 22.7. The summed E-state index contributed by atoms with van der Waals surface area (Å²) in [5, 5.41) is 47.4. The van der Waals surface area contributed by atoms with Crippen molar-refractivity contribution in [2.24, 2.45) is 0 Å². The summed E-state index contributed by atoms with van der Waals surface area (Å²) in [4.78, 5) is 11.7. The highest BCUT2D eigenvalue weighted by Crippen LogP contribution is 2.24. The van der Waals surface area contributed by atoms with Crippen LogP contribution in [0.5, 0.6) is 5.75 Å². The van der Waals surface area contributed by atoms with Gasteiger partial charge in [0, 0.05) is 0 Å². The number of rotatable bonds is 8. The van der Waals surface area contributed by atoms with E-state index in [9.17, 15) is 25.2 Å². The van der Waals surface area contributed by atoms with Crippen LogP contribution in [-0.4, -0.2) is 79.3 Å². The topological polar surface area (TPSA) is 170 Å². The van der Waals surface area contributed by atoms with E-state index in [1.807, 2.05) is 0 Å². The number of aliphatic hydroxyl groups excluding tert-OH is 4. The van der Waals surface area contributed by atoms with Gasteiger partial charge in [0.2, 0.25) is 0 Å². The smallest absolute Gasteiger partial charge is 0.339 e. The largest absolute Gasteiger partial charge is 0.486 e. The predicted octanol–water partition coefficient (Wildman–Crippen LogP) is -1.22. The van der Waals surface area contributed by atoms with Gasteiger partial charge in [0.25, 0.3) is 0 Å². The van der Waals surface area contributed by atoms with Gasteiger partial charge in [-0.25, -0.2) is 9.48 Å². The van der Waals surface area contributed by atoms with Gasteiger partial charge in [0.05, 0.1) is 37.4 Å². The third kappa shape index (κ3) is 4.80. The van der Waals surface area contributed by atoms with Crippen molar-refractivity contribution in [2.45, 2.75) is 43.9 Å². The highest BCUT2D eigenvalue weighted by atomic mass is 16.7. The number of benzene rings is 1. The molecule has 3 aromatic rings. The maximum atomic E-state index is 11.7. The number of nitrogens with zero attached hydrogens (tertiary/aromatic N) is 3. The first-order valence-electron chi connectivity index (χ1n) is 9.93. The molecule has 4 N–H and O–H groups in total. The van der Waals surface area contributed by atoms with Crippen LogP contribution in [0.15, 0.2) is 45.7 Å². The first-order chi connectivity index (χ1) is 15.5. The Kier molecular flexibility index (Phi) is 6.79. The van der Waals surface area contributed by atoms with Crippen LogP contribution >= 0.6 is 0 Å². The van der Waals surface area contributed by atoms with E-state index in [0.29, 0.717) is 22.4 Å². The number of hydrogen-bond donors (Lipinski definition) is 4. The molecule has 0 amide bonds. The third-order valence-corrected chi connectivity index (χ3v) is 5.02. The molecular formula is C20H23N3O9. The molecule has 2 aromatic heterocycles. The van der Waals surface area contributed by atoms with E-state index in [-0.39, 0.29) is 19.8 Å². The molecule has 1 aliphatic rings. The first kappa shape index (κ1) is 22.3. The van der Waals surface area contributed by atoms with Crippen molar-refractivity contribution in [3.63, 3.8) is 0 Å². The van der Waals surface area contributed by atoms with Crippen molar-refractivity contribution in [1.82, 2.24) is 15.0 Å². The molecule has 3 heterocycles. The molecule has 0 spiro atoms. The van der Waals surface area contributed by atoms with Crippen LogP contribution in [0.1, 0.15) is 5.69 Å². The van der Waals surface area contributed by atoms with Gasteiger partial charge in [-0.3, -0.25) is 0 Å². The van der Waals surface area contributed by atoms with Gasteiger partial charge in [0.15, 0.2) is 6.29 Å². The van der Waals surface area contributed by atoms with Crippen LogP contribution in [0.3, 0.4) is 0 Å². The lowest BCUT2D eigenvalue weighted by molar-refractivity contribution is -0.301. The standard InChI is InChI=1S/C20H23N3O9/c24-9-15-17(26)18(27)19(28)20(32-15)29-6-5-23-8-11(21-22-23)10-30-14-7-16(25)31-13-4-2-1-3-12(13)14/h1-4,7-8,15,17-20,24,26-28H,5-6,9-10H2/t15?,17-,18?,19?,20+/m0/s1. The molecular weight excluding hydrogens is 426 g/mol. The summed E-state index contributed by atoms with van der Waals surface area (Å²) in [7, 11) is 0. The van der Waals surface area contributed by atoms with Gasteiger partial charge < -0.3 is 39.1 Å². The fourth-order valence-electron chi connectivity index (χ4n) is 3.33. The zero-order valence-corrected chi connectivity index (χ0v) is 16.9. The number of para-hydroxylation sites is 1. The molecule has 3 unspecified atom stereocenters. The van der Waals surface area contributed by atoms with E-state index >= 15 is 0 Å². The first-order valence-corrected chi connectivity index (χ1v) is 9.93. The minimum absolute atomic E-state index is 0.0523. The van der Waals surface area contributed by atoms with Crippen LogP contribution in [0.4, 0.5) is 0 Å². The molecule has 1 fully saturated rings. The number of hydrogen-bond acceptors (Lipinski definition) is 11. The number of ether oxygens (including phenoxy) is 3. The lowest BCUT2D eigenvalue weighted by Gasteiger charge is -2.39. The maximum absolute atomic E-state index is 11.7. The van der Waals surface area contributed by atoms with Crippen LogP contribution in [0, 0.1) is 0 Å².